The fourth-order valence-corrected chi connectivity index (χ4v) is 6.90. The zero-order valence-corrected chi connectivity index (χ0v) is 28.3. The number of furan rings is 1. The van der Waals surface area contributed by atoms with Crippen LogP contribution in [0.5, 0.6) is 5.75 Å². The first-order chi connectivity index (χ1) is 22.7. The van der Waals surface area contributed by atoms with E-state index in [-0.39, 0.29) is 17.7 Å². The summed E-state index contributed by atoms with van der Waals surface area (Å²) in [4.78, 5) is 45.3. The van der Waals surface area contributed by atoms with Crippen molar-refractivity contribution in [3.05, 3.63) is 137 Å². The second kappa shape index (κ2) is 13.4. The molecule has 0 aliphatic carbocycles. The van der Waals surface area contributed by atoms with Crippen molar-refractivity contribution < 1.29 is 28.2 Å². The van der Waals surface area contributed by atoms with Crippen molar-refractivity contribution in [1.29, 1.82) is 0 Å². The van der Waals surface area contributed by atoms with Crippen LogP contribution in [0.4, 0.5) is 0 Å². The molecule has 3 heterocycles. The molecule has 1 aliphatic rings. The zero-order valence-electron chi connectivity index (χ0n) is 25.9. The molecule has 0 bridgehead atoms. The number of methoxy groups -OCH3 is 2. The van der Waals surface area contributed by atoms with Crippen molar-refractivity contribution in [3.8, 4) is 17.1 Å². The summed E-state index contributed by atoms with van der Waals surface area (Å²) in [7, 11) is 2.88. The average Bonchev–Trinajstić information content (AvgIpc) is 3.67. The Bertz CT molecular complexity index is 2230. The number of aryl methyl sites for hydroxylation is 1. The Morgan fingerprint density at radius 2 is 1.81 bits per heavy atom. The summed E-state index contributed by atoms with van der Waals surface area (Å²) < 4.78 is 24.9. The fourth-order valence-electron chi connectivity index (χ4n) is 5.54. The van der Waals surface area contributed by atoms with E-state index in [2.05, 4.69) is 15.9 Å². The number of carbonyl (C=O) groups excluding carboxylic acids is 2. The van der Waals surface area contributed by atoms with Crippen LogP contribution >= 0.6 is 27.3 Å². The van der Waals surface area contributed by atoms with Crippen molar-refractivity contribution in [3.63, 3.8) is 0 Å². The molecule has 5 aromatic rings. The van der Waals surface area contributed by atoms with Gasteiger partial charge in [0.25, 0.3) is 5.56 Å². The molecule has 2 aromatic heterocycles. The smallest absolute Gasteiger partial charge is 0.338 e. The van der Waals surface area contributed by atoms with E-state index in [1.165, 1.54) is 23.0 Å². The highest BCUT2D eigenvalue weighted by molar-refractivity contribution is 9.10. The second-order valence-corrected chi connectivity index (χ2v) is 12.5. The first kappa shape index (κ1) is 32.0. The molecule has 6 rings (SSSR count). The summed E-state index contributed by atoms with van der Waals surface area (Å²) in [6.45, 7) is 3.75. The standard InChI is InChI=1S/C36H29BrN2O7S/c1-5-45-35(42)30-31(21-9-7-6-8-10-21)38-36-39(32(30)26-18-23(37)12-15-27(26)43-3)33(40)29(47-36)19-24-13-16-28(46-24)25-14-11-22(17-20(25)2)34(41)44-4/h6-19,32H,5H2,1-4H3/b29-19-/t32-/m0/s1. The molecular weight excluding hydrogens is 684 g/mol. The van der Waals surface area contributed by atoms with Gasteiger partial charge in [0.2, 0.25) is 0 Å². The summed E-state index contributed by atoms with van der Waals surface area (Å²) in [5.74, 6) is 0.515. The van der Waals surface area contributed by atoms with E-state index in [1.54, 1.807) is 50.4 Å². The van der Waals surface area contributed by atoms with Gasteiger partial charge in [-0.15, -0.1) is 0 Å². The first-order valence-corrected chi connectivity index (χ1v) is 16.3. The number of thiazole rings is 1. The Morgan fingerprint density at radius 3 is 2.51 bits per heavy atom. The molecule has 9 nitrogen and oxygen atoms in total. The Morgan fingerprint density at radius 1 is 1.02 bits per heavy atom. The van der Waals surface area contributed by atoms with Gasteiger partial charge in [-0.25, -0.2) is 14.6 Å². The third kappa shape index (κ3) is 6.11. The van der Waals surface area contributed by atoms with Crippen molar-refractivity contribution in [2.75, 3.05) is 20.8 Å². The third-order valence-corrected chi connectivity index (χ3v) is 9.15. The highest BCUT2D eigenvalue weighted by Gasteiger charge is 2.37. The molecule has 238 valence electrons. The lowest BCUT2D eigenvalue weighted by molar-refractivity contribution is -0.138. The Balaban J connectivity index is 1.55. The number of benzene rings is 3. The Hall–Kier alpha value is -5.00. The van der Waals surface area contributed by atoms with Gasteiger partial charge in [0, 0.05) is 27.2 Å². The lowest BCUT2D eigenvalue weighted by Crippen LogP contribution is -2.40. The number of halogens is 1. The number of fused-ring (bicyclic) bond motifs is 1. The molecule has 1 atom stereocenters. The van der Waals surface area contributed by atoms with Gasteiger partial charge < -0.3 is 18.6 Å². The van der Waals surface area contributed by atoms with Gasteiger partial charge in [-0.1, -0.05) is 63.7 Å². The van der Waals surface area contributed by atoms with E-state index in [1.807, 2.05) is 55.5 Å². The molecule has 1 aliphatic heterocycles. The number of esters is 2. The molecule has 11 heteroatoms. The largest absolute Gasteiger partial charge is 0.496 e. The number of hydrogen-bond donors (Lipinski definition) is 0. The van der Waals surface area contributed by atoms with Gasteiger partial charge in [-0.2, -0.15) is 0 Å². The molecule has 3 aromatic carbocycles. The molecule has 0 N–H and O–H groups in total. The zero-order chi connectivity index (χ0) is 33.2. The van der Waals surface area contributed by atoms with Crippen molar-refractivity contribution in [2.24, 2.45) is 4.99 Å². The van der Waals surface area contributed by atoms with Gasteiger partial charge in [-0.05, 0) is 61.9 Å². The van der Waals surface area contributed by atoms with Crippen molar-refractivity contribution in [1.82, 2.24) is 4.57 Å². The molecule has 47 heavy (non-hydrogen) atoms. The lowest BCUT2D eigenvalue weighted by Gasteiger charge is -2.27. The Kier molecular flexibility index (Phi) is 9.10. The monoisotopic (exact) mass is 712 g/mol. The first-order valence-electron chi connectivity index (χ1n) is 14.6. The normalized spacial score (nSPS) is 14.4. The van der Waals surface area contributed by atoms with Crippen LogP contribution in [0.25, 0.3) is 23.1 Å². The van der Waals surface area contributed by atoms with Gasteiger partial charge in [0.1, 0.15) is 23.3 Å². The van der Waals surface area contributed by atoms with E-state index in [9.17, 15) is 14.4 Å². The van der Waals surface area contributed by atoms with Crippen LogP contribution in [0.3, 0.4) is 0 Å². The minimum absolute atomic E-state index is 0.142. The van der Waals surface area contributed by atoms with Gasteiger partial charge in [-0.3, -0.25) is 9.36 Å². The van der Waals surface area contributed by atoms with Crippen LogP contribution in [0.15, 0.2) is 103 Å². The van der Waals surface area contributed by atoms with E-state index in [0.29, 0.717) is 49.0 Å². The average molecular weight is 714 g/mol. The molecule has 0 radical (unpaired) electrons. The summed E-state index contributed by atoms with van der Waals surface area (Å²) in [6.07, 6.45) is 1.66. The van der Waals surface area contributed by atoms with Crippen LogP contribution in [0, 0.1) is 6.92 Å². The van der Waals surface area contributed by atoms with Crippen LogP contribution in [0.2, 0.25) is 0 Å². The minimum Gasteiger partial charge on any atom is -0.496 e. The number of carbonyl (C=O) groups is 2. The predicted octanol–water partition coefficient (Wildman–Crippen LogP) is 6.06. The molecule has 0 unspecified atom stereocenters. The molecule has 0 amide bonds. The van der Waals surface area contributed by atoms with Crippen LogP contribution in [-0.2, 0) is 14.3 Å². The number of rotatable bonds is 8. The maximum atomic E-state index is 14.3. The van der Waals surface area contributed by atoms with Gasteiger partial charge in [0.15, 0.2) is 4.80 Å². The second-order valence-electron chi connectivity index (χ2n) is 10.5. The van der Waals surface area contributed by atoms with Crippen molar-refractivity contribution >= 4 is 51.0 Å². The quantitative estimate of drug-likeness (QED) is 0.180. The number of nitrogens with zero attached hydrogens (tertiary/aromatic N) is 2. The van der Waals surface area contributed by atoms with Crippen LogP contribution in [-0.4, -0.2) is 37.3 Å². The maximum Gasteiger partial charge on any atom is 0.338 e. The minimum atomic E-state index is -0.904. The summed E-state index contributed by atoms with van der Waals surface area (Å²) in [6, 6.07) is 22.7. The predicted molar refractivity (Wildman–Crippen MR) is 182 cm³/mol. The van der Waals surface area contributed by atoms with E-state index in [0.717, 1.165) is 15.6 Å². The number of aromatic nitrogens is 1. The summed E-state index contributed by atoms with van der Waals surface area (Å²) in [5.41, 5.74) is 3.64. The van der Waals surface area contributed by atoms with Crippen LogP contribution in [0.1, 0.15) is 45.8 Å². The SMILES string of the molecule is CCOC(=O)C1=C(c2ccccc2)N=c2s/c(=C\c3ccc(-c4ccc(C(=O)OC)cc4C)o3)c(=O)n2[C@H]1c1cc(Br)ccc1OC. The molecule has 0 spiro atoms. The topological polar surface area (TPSA) is 109 Å². The fraction of sp³-hybridized carbons (Fsp3) is 0.167. The molecular formula is C36H29BrN2O7S. The third-order valence-electron chi connectivity index (χ3n) is 7.67. The highest BCUT2D eigenvalue weighted by Crippen LogP contribution is 2.40. The maximum absolute atomic E-state index is 14.3. The molecule has 0 saturated heterocycles. The lowest BCUT2D eigenvalue weighted by atomic mass is 9.92. The van der Waals surface area contributed by atoms with Gasteiger partial charge in [0.05, 0.1) is 42.2 Å². The van der Waals surface area contributed by atoms with E-state index < -0.39 is 18.0 Å². The van der Waals surface area contributed by atoms with E-state index in [4.69, 9.17) is 23.6 Å². The summed E-state index contributed by atoms with van der Waals surface area (Å²) >= 11 is 4.74. The van der Waals surface area contributed by atoms with E-state index >= 15 is 0 Å². The summed E-state index contributed by atoms with van der Waals surface area (Å²) in [5, 5.41) is 0. The van der Waals surface area contributed by atoms with Gasteiger partial charge >= 0.3 is 11.9 Å². The molecule has 0 saturated carbocycles. The molecule has 0 fully saturated rings. The number of hydrogen-bond acceptors (Lipinski definition) is 9. The number of ether oxygens (including phenoxy) is 3. The highest BCUT2D eigenvalue weighted by atomic mass is 79.9. The Labute approximate surface area is 282 Å². The van der Waals surface area contributed by atoms with Crippen LogP contribution < -0.4 is 19.6 Å². The van der Waals surface area contributed by atoms with Crippen molar-refractivity contribution in [2.45, 2.75) is 19.9 Å².